The summed E-state index contributed by atoms with van der Waals surface area (Å²) in [5.41, 5.74) is 0. The van der Waals surface area contributed by atoms with Crippen LogP contribution >= 0.6 is 7.92 Å². The molecule has 0 aliphatic rings. The van der Waals surface area contributed by atoms with E-state index < -0.39 is 0 Å². The lowest BCUT2D eigenvalue weighted by molar-refractivity contribution is -0.140. The third-order valence-corrected chi connectivity index (χ3v) is 5.52. The quantitative estimate of drug-likeness (QED) is 0.237. The molecule has 1 unspecified atom stereocenters. The molecule has 2 nitrogen and oxygen atoms in total. The Balaban J connectivity index is 0. The number of hydrogen-bond donors (Lipinski definition) is 0. The van der Waals surface area contributed by atoms with Crippen molar-refractivity contribution in [3.63, 3.8) is 0 Å². The van der Waals surface area contributed by atoms with Crippen LogP contribution in [0.5, 0.6) is 0 Å². The third-order valence-electron chi connectivity index (χ3n) is 3.03. The Morgan fingerprint density at radius 3 is 1.57 bits per heavy atom. The average molecular weight is 399 g/mol. The fourth-order valence-electron chi connectivity index (χ4n) is 1.80. The number of ether oxygens (including phenoxy) is 1. The van der Waals surface area contributed by atoms with E-state index in [0.717, 1.165) is 6.16 Å². The lowest BCUT2D eigenvalue weighted by atomic mass is 10.4. The molecule has 2 aromatic carbocycles. The molecule has 0 radical (unpaired) electrons. The van der Waals surface area contributed by atoms with Crippen LogP contribution in [0.15, 0.2) is 105 Å². The first-order valence-corrected chi connectivity index (χ1v) is 11.1. The van der Waals surface area contributed by atoms with Crippen molar-refractivity contribution in [2.75, 3.05) is 18.9 Å². The van der Waals surface area contributed by atoms with Crippen molar-refractivity contribution in [3.05, 3.63) is 105 Å². The normalized spacial score (nSPS) is 9.39. The molecule has 0 aliphatic heterocycles. The van der Waals surface area contributed by atoms with Crippen LogP contribution in [0.1, 0.15) is 20.8 Å². The van der Waals surface area contributed by atoms with Crippen LogP contribution in [0.25, 0.3) is 0 Å². The van der Waals surface area contributed by atoms with Gasteiger partial charge >= 0.3 is 5.97 Å². The summed E-state index contributed by atoms with van der Waals surface area (Å²) in [6.45, 7) is 16.4. The second-order valence-corrected chi connectivity index (χ2v) is 7.81. The van der Waals surface area contributed by atoms with E-state index in [1.807, 2.05) is 42.5 Å². The van der Waals surface area contributed by atoms with Crippen LogP contribution in [0.2, 0.25) is 0 Å². The first kappa shape index (κ1) is 27.8. The summed E-state index contributed by atoms with van der Waals surface area (Å²) in [4.78, 5) is 9.82. The Hall–Kier alpha value is -2.44. The predicted molar refractivity (Wildman–Crippen MR) is 128 cm³/mol. The minimum Gasteiger partial charge on any atom is -0.466 e. The monoisotopic (exact) mass is 398 g/mol. The van der Waals surface area contributed by atoms with E-state index in [1.165, 1.54) is 18.4 Å². The molecule has 0 saturated heterocycles. The van der Waals surface area contributed by atoms with Crippen molar-refractivity contribution in [2.45, 2.75) is 20.8 Å². The predicted octanol–water partition coefficient (Wildman–Crippen LogP) is 6.61. The Kier molecular flexibility index (Phi) is 22.4. The Morgan fingerprint density at radius 2 is 1.32 bits per heavy atom. The zero-order valence-electron chi connectivity index (χ0n) is 17.6. The van der Waals surface area contributed by atoms with Gasteiger partial charge in [0.25, 0.3) is 0 Å². The Morgan fingerprint density at radius 1 is 0.893 bits per heavy atom. The minimum atomic E-state index is -0.211. The van der Waals surface area contributed by atoms with Crippen LogP contribution in [0.3, 0.4) is 0 Å². The van der Waals surface area contributed by atoms with Crippen LogP contribution in [0.4, 0.5) is 0 Å². The number of rotatable bonds is 6. The van der Waals surface area contributed by atoms with E-state index in [1.54, 1.807) is 19.1 Å². The second kappa shape index (κ2) is 22.6. The molecule has 0 amide bonds. The first-order valence-electron chi connectivity index (χ1n) is 9.34. The lowest BCUT2D eigenvalue weighted by Crippen LogP contribution is -2.02. The largest absolute Gasteiger partial charge is 0.466 e. The van der Waals surface area contributed by atoms with Crippen molar-refractivity contribution >= 4 is 19.2 Å². The smallest absolute Gasteiger partial charge is 0.302 e. The van der Waals surface area contributed by atoms with Gasteiger partial charge in [0.1, 0.15) is 0 Å². The highest BCUT2D eigenvalue weighted by Gasteiger charge is 2.04. The van der Waals surface area contributed by atoms with Gasteiger partial charge in [-0.2, -0.15) is 0 Å². The maximum atomic E-state index is 9.82. The van der Waals surface area contributed by atoms with Gasteiger partial charge in [-0.05, 0) is 24.6 Å². The van der Waals surface area contributed by atoms with Gasteiger partial charge in [-0.15, -0.1) is 6.58 Å². The fourth-order valence-corrected chi connectivity index (χ4v) is 3.54. The van der Waals surface area contributed by atoms with Crippen molar-refractivity contribution in [3.8, 4) is 0 Å². The molecule has 0 bridgehead atoms. The zero-order chi connectivity index (χ0) is 21.5. The van der Waals surface area contributed by atoms with Gasteiger partial charge in [0.15, 0.2) is 0 Å². The van der Waals surface area contributed by atoms with E-state index in [4.69, 9.17) is 0 Å². The van der Waals surface area contributed by atoms with E-state index in [-0.39, 0.29) is 13.9 Å². The third kappa shape index (κ3) is 19.9. The lowest BCUT2D eigenvalue weighted by Gasteiger charge is -2.12. The zero-order valence-corrected chi connectivity index (χ0v) is 18.5. The number of esters is 1. The second-order valence-electron chi connectivity index (χ2n) is 5.21. The summed E-state index contributed by atoms with van der Waals surface area (Å²) in [6, 6.07) is 22.7. The molecule has 0 spiro atoms. The number of carbonyl (C=O) groups excluding carboxylic acids is 1. The molecule has 2 aromatic rings. The van der Waals surface area contributed by atoms with E-state index in [9.17, 15) is 4.79 Å². The topological polar surface area (TPSA) is 26.3 Å². The molecule has 3 heteroatoms. The summed E-state index contributed by atoms with van der Waals surface area (Å²) in [5.74, 6) is -0.211. The standard InChI is InChI=1S/C11H15P.C6H6.C4H8O2.C4H6/c1-3-10-12(4-2)11-8-6-5-7-9-11;1-2-4-6-5-3-1;1-3-6-4(2)5;1-3-4-2/h3,5-9H,1,4,10H2,2H3;1-6H;3H2,1-2H3;3-4H,1-2H2. The van der Waals surface area contributed by atoms with Gasteiger partial charge in [-0.1, -0.05) is 113 Å². The first-order chi connectivity index (χ1) is 13.6. The molecule has 0 fully saturated rings. The molecule has 0 aliphatic carbocycles. The summed E-state index contributed by atoms with van der Waals surface area (Å²) >= 11 is 0. The van der Waals surface area contributed by atoms with Gasteiger partial charge in [0, 0.05) is 6.92 Å². The SMILES string of the molecule is C=CC=C.C=CCP(CC)c1ccccc1.CCOC(C)=O.c1ccccc1. The highest BCUT2D eigenvalue weighted by molar-refractivity contribution is 7.65. The molecule has 0 heterocycles. The van der Waals surface area contributed by atoms with Crippen LogP contribution in [0, 0.1) is 0 Å². The Labute approximate surface area is 173 Å². The molecule has 2 rings (SSSR count). The molecule has 152 valence electrons. The van der Waals surface area contributed by atoms with Crippen molar-refractivity contribution in [1.29, 1.82) is 0 Å². The minimum absolute atomic E-state index is 0.0283. The molecule has 0 aromatic heterocycles. The van der Waals surface area contributed by atoms with Gasteiger partial charge in [0.2, 0.25) is 0 Å². The van der Waals surface area contributed by atoms with Crippen molar-refractivity contribution < 1.29 is 9.53 Å². The van der Waals surface area contributed by atoms with Crippen molar-refractivity contribution in [1.82, 2.24) is 0 Å². The van der Waals surface area contributed by atoms with Crippen LogP contribution < -0.4 is 5.30 Å². The molecule has 1 atom stereocenters. The maximum absolute atomic E-state index is 9.82. The number of allylic oxidation sites excluding steroid dienone is 3. The average Bonchev–Trinajstić information content (AvgIpc) is 2.75. The molecule has 28 heavy (non-hydrogen) atoms. The molecule has 0 N–H and O–H groups in total. The number of hydrogen-bond acceptors (Lipinski definition) is 2. The maximum Gasteiger partial charge on any atom is 0.302 e. The highest BCUT2D eigenvalue weighted by atomic mass is 31.1. The fraction of sp³-hybridized carbons (Fsp3) is 0.240. The van der Waals surface area contributed by atoms with Gasteiger partial charge in [0.05, 0.1) is 6.61 Å². The van der Waals surface area contributed by atoms with Crippen LogP contribution in [-0.4, -0.2) is 24.9 Å². The summed E-state index contributed by atoms with van der Waals surface area (Å²) in [7, 11) is 0.0283. The van der Waals surface area contributed by atoms with E-state index in [0.29, 0.717) is 6.61 Å². The van der Waals surface area contributed by atoms with E-state index >= 15 is 0 Å². The van der Waals surface area contributed by atoms with Gasteiger partial charge in [-0.25, -0.2) is 0 Å². The summed E-state index contributed by atoms with van der Waals surface area (Å²) < 4.78 is 4.40. The highest BCUT2D eigenvalue weighted by Crippen LogP contribution is 2.33. The molecular weight excluding hydrogens is 363 g/mol. The Bertz CT molecular complexity index is 576. The van der Waals surface area contributed by atoms with Gasteiger partial charge in [-0.3, -0.25) is 4.79 Å². The number of benzene rings is 2. The van der Waals surface area contributed by atoms with Crippen LogP contribution in [-0.2, 0) is 9.53 Å². The van der Waals surface area contributed by atoms with E-state index in [2.05, 4.69) is 61.7 Å². The summed E-state index contributed by atoms with van der Waals surface area (Å²) in [6.07, 6.45) is 7.71. The molecule has 0 saturated carbocycles. The molecular formula is C25H35O2P. The van der Waals surface area contributed by atoms with Crippen molar-refractivity contribution in [2.24, 2.45) is 0 Å². The summed E-state index contributed by atoms with van der Waals surface area (Å²) in [5, 5.41) is 1.50. The van der Waals surface area contributed by atoms with Gasteiger partial charge < -0.3 is 4.74 Å². The number of carbonyl (C=O) groups is 1.